The highest BCUT2D eigenvalue weighted by atomic mass is 35.5. The lowest BCUT2D eigenvalue weighted by atomic mass is 10.0. The summed E-state index contributed by atoms with van der Waals surface area (Å²) in [6.45, 7) is 3.72. The fourth-order valence-corrected chi connectivity index (χ4v) is 2.62. The van der Waals surface area contributed by atoms with Gasteiger partial charge in [-0.2, -0.15) is 13.2 Å². The van der Waals surface area contributed by atoms with E-state index in [-0.39, 0.29) is 18.0 Å². The van der Waals surface area contributed by atoms with E-state index in [4.69, 9.17) is 4.74 Å². The molecule has 0 bridgehead atoms. The third kappa shape index (κ3) is 4.25. The lowest BCUT2D eigenvalue weighted by Crippen LogP contribution is -2.49. The summed E-state index contributed by atoms with van der Waals surface area (Å²) in [4.78, 5) is 1.48. The van der Waals surface area contributed by atoms with Crippen molar-refractivity contribution in [2.75, 3.05) is 33.3 Å². The molecule has 0 aromatic heterocycles. The molecule has 1 fully saturated rings. The van der Waals surface area contributed by atoms with Gasteiger partial charge in [-0.25, -0.2) is 0 Å². The van der Waals surface area contributed by atoms with Crippen molar-refractivity contribution in [2.24, 2.45) is 0 Å². The zero-order valence-corrected chi connectivity index (χ0v) is 12.9. The summed E-state index contributed by atoms with van der Waals surface area (Å²) in [5.41, 5.74) is 0.993. The van der Waals surface area contributed by atoms with Crippen molar-refractivity contribution < 1.29 is 17.9 Å². The highest BCUT2D eigenvalue weighted by Crippen LogP contribution is 2.39. The average molecular weight is 325 g/mol. The quantitative estimate of drug-likeness (QED) is 0.925. The molecule has 7 heteroatoms. The Balaban J connectivity index is 0.00000220. The van der Waals surface area contributed by atoms with E-state index in [0.29, 0.717) is 31.9 Å². The first-order valence-corrected chi connectivity index (χ1v) is 6.59. The van der Waals surface area contributed by atoms with E-state index in [1.165, 1.54) is 18.1 Å². The summed E-state index contributed by atoms with van der Waals surface area (Å²) in [6, 6.07) is 3.13. The van der Waals surface area contributed by atoms with Crippen molar-refractivity contribution in [3.63, 3.8) is 0 Å². The molecule has 1 heterocycles. The molecule has 0 spiro atoms. The summed E-state index contributed by atoms with van der Waals surface area (Å²) in [6.07, 6.45) is -4.28. The Labute approximate surface area is 128 Å². The molecule has 1 aliphatic rings. The molecule has 1 aromatic carbocycles. The van der Waals surface area contributed by atoms with Gasteiger partial charge in [0, 0.05) is 26.2 Å². The molecule has 0 unspecified atom stereocenters. The van der Waals surface area contributed by atoms with Gasteiger partial charge < -0.3 is 10.1 Å². The predicted molar refractivity (Wildman–Crippen MR) is 78.2 cm³/mol. The Hall–Kier alpha value is -0.980. The van der Waals surface area contributed by atoms with Crippen LogP contribution in [0.4, 0.5) is 13.2 Å². The van der Waals surface area contributed by atoms with Crippen LogP contribution in [-0.4, -0.2) is 44.4 Å². The van der Waals surface area contributed by atoms with Crippen molar-refractivity contribution >= 4 is 12.4 Å². The van der Waals surface area contributed by atoms with Crippen LogP contribution < -0.4 is 10.1 Å². The average Bonchev–Trinajstić information content (AvgIpc) is 2.39. The number of aryl methyl sites for hydroxylation is 1. The molecule has 1 N–H and O–H groups in total. The van der Waals surface area contributed by atoms with E-state index in [0.717, 1.165) is 5.56 Å². The molecule has 0 aliphatic carbocycles. The minimum absolute atomic E-state index is 0. The molecule has 1 aromatic rings. The summed E-state index contributed by atoms with van der Waals surface area (Å²) in [7, 11) is 1.51. The fraction of sp³-hybridized carbons (Fsp3) is 0.571. The Kier molecular flexibility index (Phi) is 6.31. The van der Waals surface area contributed by atoms with Gasteiger partial charge in [0.25, 0.3) is 0 Å². The van der Waals surface area contributed by atoms with Crippen molar-refractivity contribution in [1.82, 2.24) is 10.2 Å². The van der Waals surface area contributed by atoms with Crippen molar-refractivity contribution in [2.45, 2.75) is 19.1 Å². The van der Waals surface area contributed by atoms with Crippen LogP contribution in [0.15, 0.2) is 18.2 Å². The molecule has 1 saturated heterocycles. The minimum Gasteiger partial charge on any atom is -0.496 e. The molecule has 0 saturated carbocycles. The van der Waals surface area contributed by atoms with Gasteiger partial charge in [0.05, 0.1) is 7.11 Å². The number of methoxy groups -OCH3 is 1. The number of alkyl halides is 3. The van der Waals surface area contributed by atoms with Gasteiger partial charge in [0.15, 0.2) is 0 Å². The first kappa shape index (κ1) is 18.1. The zero-order valence-electron chi connectivity index (χ0n) is 12.0. The zero-order chi connectivity index (χ0) is 14.8. The molecule has 0 radical (unpaired) electrons. The molecule has 0 amide bonds. The van der Waals surface area contributed by atoms with Gasteiger partial charge >= 0.3 is 6.18 Å². The molecule has 120 valence electrons. The lowest BCUT2D eigenvalue weighted by Gasteiger charge is -2.36. The van der Waals surface area contributed by atoms with Gasteiger partial charge in [-0.1, -0.05) is 12.1 Å². The Bertz CT molecular complexity index is 462. The predicted octanol–water partition coefficient (Wildman–Crippen LogP) is 2.93. The lowest BCUT2D eigenvalue weighted by molar-refractivity contribution is -0.187. The van der Waals surface area contributed by atoms with E-state index < -0.39 is 12.2 Å². The summed E-state index contributed by atoms with van der Waals surface area (Å²) < 4.78 is 45.3. The Morgan fingerprint density at radius 3 is 2.33 bits per heavy atom. The maximum absolute atomic E-state index is 13.4. The molecular formula is C14H20ClF3N2O. The van der Waals surface area contributed by atoms with Gasteiger partial charge in [-0.3, -0.25) is 4.90 Å². The second kappa shape index (κ2) is 7.33. The van der Waals surface area contributed by atoms with Crippen LogP contribution in [0, 0.1) is 6.92 Å². The van der Waals surface area contributed by atoms with Crippen molar-refractivity contribution in [1.29, 1.82) is 0 Å². The number of hydrogen-bond acceptors (Lipinski definition) is 3. The smallest absolute Gasteiger partial charge is 0.408 e. The number of nitrogens with zero attached hydrogens (tertiary/aromatic N) is 1. The topological polar surface area (TPSA) is 24.5 Å². The molecule has 1 atom stereocenters. The van der Waals surface area contributed by atoms with E-state index in [1.807, 2.05) is 0 Å². The number of ether oxygens (including phenoxy) is 1. The van der Waals surface area contributed by atoms with Gasteiger partial charge in [-0.05, 0) is 24.1 Å². The van der Waals surface area contributed by atoms with E-state index in [2.05, 4.69) is 5.32 Å². The first-order chi connectivity index (χ1) is 9.43. The van der Waals surface area contributed by atoms with Crippen molar-refractivity contribution in [3.05, 3.63) is 29.3 Å². The number of rotatable bonds is 3. The Morgan fingerprint density at radius 1 is 1.24 bits per heavy atom. The van der Waals surface area contributed by atoms with Gasteiger partial charge in [-0.15, -0.1) is 12.4 Å². The van der Waals surface area contributed by atoms with Crippen LogP contribution in [-0.2, 0) is 0 Å². The van der Waals surface area contributed by atoms with Crippen LogP contribution in [0.5, 0.6) is 5.75 Å². The standard InChI is InChI=1S/C14H19F3N2O.ClH/c1-10-9-11(3-4-12(10)20-2)13(14(15,16)17)19-7-5-18-6-8-19;/h3-4,9,13,18H,5-8H2,1-2H3;1H/t13-;/m0./s1. The molecular weight excluding hydrogens is 305 g/mol. The highest BCUT2D eigenvalue weighted by Gasteiger charge is 2.44. The molecule has 1 aliphatic heterocycles. The van der Waals surface area contributed by atoms with Crippen LogP contribution in [0.3, 0.4) is 0 Å². The minimum atomic E-state index is -4.28. The summed E-state index contributed by atoms with van der Waals surface area (Å²) >= 11 is 0. The molecule has 21 heavy (non-hydrogen) atoms. The number of hydrogen-bond donors (Lipinski definition) is 1. The van der Waals surface area contributed by atoms with E-state index >= 15 is 0 Å². The maximum Gasteiger partial charge on any atom is 0.408 e. The van der Waals surface area contributed by atoms with Crippen LogP contribution in [0.2, 0.25) is 0 Å². The SMILES string of the molecule is COc1ccc([C@H](N2CCNCC2)C(F)(F)F)cc1C.Cl. The highest BCUT2D eigenvalue weighted by molar-refractivity contribution is 5.85. The largest absolute Gasteiger partial charge is 0.496 e. The van der Waals surface area contributed by atoms with Crippen molar-refractivity contribution in [3.8, 4) is 5.75 Å². The van der Waals surface area contributed by atoms with Crippen LogP contribution in [0.25, 0.3) is 0 Å². The Morgan fingerprint density at radius 2 is 1.86 bits per heavy atom. The second-order valence-electron chi connectivity index (χ2n) is 4.96. The van der Waals surface area contributed by atoms with E-state index in [9.17, 15) is 13.2 Å². The van der Waals surface area contributed by atoms with Crippen LogP contribution in [0.1, 0.15) is 17.2 Å². The number of piperazine rings is 1. The third-order valence-corrected chi connectivity index (χ3v) is 3.56. The maximum atomic E-state index is 13.4. The third-order valence-electron chi connectivity index (χ3n) is 3.56. The first-order valence-electron chi connectivity index (χ1n) is 6.59. The second-order valence-corrected chi connectivity index (χ2v) is 4.96. The van der Waals surface area contributed by atoms with Gasteiger partial charge in [0.1, 0.15) is 11.8 Å². The fourth-order valence-electron chi connectivity index (χ4n) is 2.62. The molecule has 2 rings (SSSR count). The van der Waals surface area contributed by atoms with E-state index in [1.54, 1.807) is 19.1 Å². The van der Waals surface area contributed by atoms with Gasteiger partial charge in [0.2, 0.25) is 0 Å². The monoisotopic (exact) mass is 324 g/mol. The number of nitrogens with one attached hydrogen (secondary N) is 1. The molecule has 3 nitrogen and oxygen atoms in total. The number of benzene rings is 1. The van der Waals surface area contributed by atoms with Crippen LogP contribution >= 0.6 is 12.4 Å². The summed E-state index contributed by atoms with van der Waals surface area (Å²) in [5, 5.41) is 3.07. The summed E-state index contributed by atoms with van der Waals surface area (Å²) in [5.74, 6) is 0.606. The normalized spacial score (nSPS) is 18.0. The number of halogens is 4.